The van der Waals surface area contributed by atoms with Crippen LogP contribution in [-0.4, -0.2) is 66.6 Å². The molecule has 0 bridgehead atoms. The van der Waals surface area contributed by atoms with Crippen LogP contribution in [0.4, 0.5) is 0 Å². The number of rotatable bonds is 5. The predicted molar refractivity (Wildman–Crippen MR) is 76.7 cm³/mol. The first kappa shape index (κ1) is 13.6. The van der Waals surface area contributed by atoms with E-state index in [2.05, 4.69) is 16.9 Å². The van der Waals surface area contributed by atoms with E-state index in [-0.39, 0.29) is 12.0 Å². The Morgan fingerprint density at radius 2 is 2.35 bits per heavy atom. The summed E-state index contributed by atoms with van der Waals surface area (Å²) in [6.07, 6.45) is 4.65. The molecule has 0 radical (unpaired) electrons. The van der Waals surface area contributed by atoms with E-state index in [0.717, 1.165) is 19.0 Å². The quantitative estimate of drug-likeness (QED) is 0.880. The van der Waals surface area contributed by atoms with Gasteiger partial charge in [0.1, 0.15) is 5.69 Å². The van der Waals surface area contributed by atoms with Gasteiger partial charge in [0.05, 0.1) is 12.7 Å². The third-order valence-electron chi connectivity index (χ3n) is 4.04. The SMILES string of the molecule is CN(CC1CC1)CC1CN(C(=O)c2ccc[nH]2)CCO1. The van der Waals surface area contributed by atoms with E-state index in [4.69, 9.17) is 4.74 Å². The summed E-state index contributed by atoms with van der Waals surface area (Å²) in [4.78, 5) is 19.5. The maximum absolute atomic E-state index is 12.3. The number of morpholine rings is 1. The number of amides is 1. The Morgan fingerprint density at radius 3 is 3.05 bits per heavy atom. The molecule has 1 saturated heterocycles. The number of aromatic amines is 1. The third kappa shape index (κ3) is 3.41. The van der Waals surface area contributed by atoms with Crippen LogP contribution in [0, 0.1) is 5.92 Å². The van der Waals surface area contributed by atoms with Crippen molar-refractivity contribution in [2.24, 2.45) is 5.92 Å². The molecule has 2 heterocycles. The van der Waals surface area contributed by atoms with Crippen molar-refractivity contribution in [2.45, 2.75) is 18.9 Å². The minimum atomic E-state index is 0.0770. The molecule has 0 spiro atoms. The van der Waals surface area contributed by atoms with Crippen molar-refractivity contribution in [3.05, 3.63) is 24.0 Å². The second-order valence-electron chi connectivity index (χ2n) is 5.99. The fourth-order valence-electron chi connectivity index (χ4n) is 2.81. The molecular weight excluding hydrogens is 254 g/mol. The van der Waals surface area contributed by atoms with Gasteiger partial charge in [0.15, 0.2) is 0 Å². The highest BCUT2D eigenvalue weighted by Crippen LogP contribution is 2.29. The number of nitrogens with one attached hydrogen (secondary N) is 1. The van der Waals surface area contributed by atoms with Gasteiger partial charge in [-0.2, -0.15) is 0 Å². The largest absolute Gasteiger partial charge is 0.373 e. The number of hydrogen-bond acceptors (Lipinski definition) is 3. The lowest BCUT2D eigenvalue weighted by Gasteiger charge is -2.34. The van der Waals surface area contributed by atoms with Crippen LogP contribution in [0.2, 0.25) is 0 Å². The molecule has 1 amide bonds. The van der Waals surface area contributed by atoms with Crippen LogP contribution in [0.25, 0.3) is 0 Å². The van der Waals surface area contributed by atoms with Crippen LogP contribution in [0.3, 0.4) is 0 Å². The maximum atomic E-state index is 12.3. The molecular formula is C15H23N3O2. The topological polar surface area (TPSA) is 48.6 Å². The summed E-state index contributed by atoms with van der Waals surface area (Å²) in [7, 11) is 2.15. The summed E-state index contributed by atoms with van der Waals surface area (Å²) >= 11 is 0. The molecule has 1 atom stereocenters. The van der Waals surface area contributed by atoms with Gasteiger partial charge in [-0.15, -0.1) is 0 Å². The molecule has 2 aliphatic rings. The molecule has 1 aliphatic heterocycles. The summed E-state index contributed by atoms with van der Waals surface area (Å²) in [6, 6.07) is 3.68. The molecule has 5 heteroatoms. The molecule has 1 N–H and O–H groups in total. The Kier molecular flexibility index (Phi) is 4.08. The molecule has 20 heavy (non-hydrogen) atoms. The van der Waals surface area contributed by atoms with Crippen molar-refractivity contribution < 1.29 is 9.53 Å². The van der Waals surface area contributed by atoms with Crippen LogP contribution in [-0.2, 0) is 4.74 Å². The third-order valence-corrected chi connectivity index (χ3v) is 4.04. The van der Waals surface area contributed by atoms with E-state index in [1.165, 1.54) is 12.8 Å². The van der Waals surface area contributed by atoms with Crippen LogP contribution in [0.15, 0.2) is 18.3 Å². The molecule has 1 aliphatic carbocycles. The molecule has 1 unspecified atom stereocenters. The molecule has 3 rings (SSSR count). The highest BCUT2D eigenvalue weighted by atomic mass is 16.5. The van der Waals surface area contributed by atoms with Crippen LogP contribution < -0.4 is 0 Å². The predicted octanol–water partition coefficient (Wildman–Crippen LogP) is 1.20. The molecule has 5 nitrogen and oxygen atoms in total. The molecule has 1 aromatic rings. The number of carbonyl (C=O) groups is 1. The fraction of sp³-hybridized carbons (Fsp3) is 0.667. The van der Waals surface area contributed by atoms with Crippen LogP contribution in [0.5, 0.6) is 0 Å². The average molecular weight is 277 g/mol. The number of nitrogens with zero attached hydrogens (tertiary/aromatic N) is 2. The molecule has 2 fully saturated rings. The summed E-state index contributed by atoms with van der Waals surface area (Å²) < 4.78 is 5.80. The van der Waals surface area contributed by atoms with Crippen molar-refractivity contribution in [3.63, 3.8) is 0 Å². The lowest BCUT2D eigenvalue weighted by Crippen LogP contribution is -2.49. The van der Waals surface area contributed by atoms with Gasteiger partial charge in [-0.3, -0.25) is 4.79 Å². The number of hydrogen-bond donors (Lipinski definition) is 1. The molecule has 110 valence electrons. The Morgan fingerprint density at radius 1 is 1.50 bits per heavy atom. The summed E-state index contributed by atoms with van der Waals surface area (Å²) in [5.74, 6) is 0.966. The second kappa shape index (κ2) is 5.97. The zero-order valence-electron chi connectivity index (χ0n) is 12.0. The maximum Gasteiger partial charge on any atom is 0.270 e. The summed E-state index contributed by atoms with van der Waals surface area (Å²) in [5.41, 5.74) is 0.664. The van der Waals surface area contributed by atoms with E-state index in [1.54, 1.807) is 6.20 Å². The van der Waals surface area contributed by atoms with E-state index in [1.807, 2.05) is 17.0 Å². The zero-order valence-corrected chi connectivity index (χ0v) is 12.0. The first-order valence-electron chi connectivity index (χ1n) is 7.45. The number of likely N-dealkylation sites (N-methyl/N-ethyl adjacent to an activating group) is 1. The highest BCUT2D eigenvalue weighted by molar-refractivity contribution is 5.92. The fourth-order valence-corrected chi connectivity index (χ4v) is 2.81. The Labute approximate surface area is 119 Å². The first-order chi connectivity index (χ1) is 9.72. The van der Waals surface area contributed by atoms with Gasteiger partial charge in [-0.25, -0.2) is 0 Å². The summed E-state index contributed by atoms with van der Waals surface area (Å²) in [5, 5.41) is 0. The minimum Gasteiger partial charge on any atom is -0.373 e. The minimum absolute atomic E-state index is 0.0770. The first-order valence-corrected chi connectivity index (χ1v) is 7.45. The smallest absolute Gasteiger partial charge is 0.270 e. The van der Waals surface area contributed by atoms with Crippen molar-refractivity contribution >= 4 is 5.91 Å². The van der Waals surface area contributed by atoms with Gasteiger partial charge >= 0.3 is 0 Å². The van der Waals surface area contributed by atoms with E-state index in [0.29, 0.717) is 25.4 Å². The highest BCUT2D eigenvalue weighted by Gasteiger charge is 2.28. The van der Waals surface area contributed by atoms with Crippen LogP contribution in [0.1, 0.15) is 23.3 Å². The summed E-state index contributed by atoms with van der Waals surface area (Å²) in [6.45, 7) is 4.07. The standard InChI is InChI=1S/C15H23N3O2/c1-17(9-12-4-5-12)10-13-11-18(7-8-20-13)15(19)14-3-2-6-16-14/h2-3,6,12-13,16H,4-5,7-11H2,1H3. The van der Waals surface area contributed by atoms with Gasteiger partial charge in [0.2, 0.25) is 0 Å². The lowest BCUT2D eigenvalue weighted by molar-refractivity contribution is -0.0335. The number of carbonyl (C=O) groups excluding carboxylic acids is 1. The van der Waals surface area contributed by atoms with Crippen molar-refractivity contribution in [1.82, 2.24) is 14.8 Å². The average Bonchev–Trinajstić information content (AvgIpc) is 3.08. The Hall–Kier alpha value is -1.33. The van der Waals surface area contributed by atoms with Gasteiger partial charge < -0.3 is 19.5 Å². The lowest BCUT2D eigenvalue weighted by atomic mass is 10.2. The second-order valence-corrected chi connectivity index (χ2v) is 5.99. The van der Waals surface area contributed by atoms with Crippen molar-refractivity contribution in [3.8, 4) is 0 Å². The van der Waals surface area contributed by atoms with E-state index < -0.39 is 0 Å². The molecule has 1 saturated carbocycles. The molecule has 0 aromatic carbocycles. The molecule has 1 aromatic heterocycles. The number of H-pyrrole nitrogens is 1. The van der Waals surface area contributed by atoms with E-state index in [9.17, 15) is 4.79 Å². The van der Waals surface area contributed by atoms with Gasteiger partial charge in [-0.05, 0) is 37.9 Å². The van der Waals surface area contributed by atoms with Gasteiger partial charge in [0.25, 0.3) is 5.91 Å². The number of ether oxygens (including phenoxy) is 1. The van der Waals surface area contributed by atoms with Gasteiger partial charge in [-0.1, -0.05) is 0 Å². The van der Waals surface area contributed by atoms with E-state index >= 15 is 0 Å². The van der Waals surface area contributed by atoms with Gasteiger partial charge in [0, 0.05) is 32.4 Å². The van der Waals surface area contributed by atoms with Crippen molar-refractivity contribution in [1.29, 1.82) is 0 Å². The normalized spacial score (nSPS) is 23.3. The Bertz CT molecular complexity index is 442. The van der Waals surface area contributed by atoms with Crippen molar-refractivity contribution in [2.75, 3.05) is 39.8 Å². The monoisotopic (exact) mass is 277 g/mol. The van der Waals surface area contributed by atoms with Crippen LogP contribution >= 0.6 is 0 Å². The zero-order chi connectivity index (χ0) is 13.9. The Balaban J connectivity index is 1.51. The number of aromatic nitrogens is 1.